The molecule has 12 heteroatoms. The minimum absolute atomic E-state index is 0.0150. The van der Waals surface area contributed by atoms with Crippen molar-refractivity contribution in [3.63, 3.8) is 0 Å². The zero-order valence-corrected chi connectivity index (χ0v) is 43.7. The summed E-state index contributed by atoms with van der Waals surface area (Å²) in [6, 6.07) is 39.2. The van der Waals surface area contributed by atoms with Crippen LogP contribution >= 0.6 is 0 Å². The number of hydrogen-bond donors (Lipinski definition) is 4. The predicted octanol–water partition coefficient (Wildman–Crippen LogP) is 9.92. The fourth-order valence-electron chi connectivity index (χ4n) is 12.7. The van der Waals surface area contributed by atoms with Crippen LogP contribution in [0, 0.1) is 17.8 Å². The summed E-state index contributed by atoms with van der Waals surface area (Å²) in [6.07, 6.45) is 3.27. The number of rotatable bonds is 15. The van der Waals surface area contributed by atoms with Gasteiger partial charge in [-0.15, -0.1) is 0 Å². The summed E-state index contributed by atoms with van der Waals surface area (Å²) in [7, 11) is 0. The van der Waals surface area contributed by atoms with Crippen molar-refractivity contribution in [2.45, 2.75) is 133 Å². The van der Waals surface area contributed by atoms with E-state index in [-0.39, 0.29) is 90.2 Å². The minimum atomic E-state index is -1.43. The third-order valence-corrected chi connectivity index (χ3v) is 16.6. The van der Waals surface area contributed by atoms with E-state index < -0.39 is 61.3 Å². The van der Waals surface area contributed by atoms with Crippen LogP contribution in [0.25, 0.3) is 11.0 Å². The van der Waals surface area contributed by atoms with Crippen molar-refractivity contribution in [3.8, 4) is 17.6 Å². The summed E-state index contributed by atoms with van der Waals surface area (Å²) < 4.78 is 32.7. The third-order valence-electron chi connectivity index (χ3n) is 16.6. The second kappa shape index (κ2) is 24.2. The standard InChI is InChI=1S/C65H68O12/c1-41(37-67)51-23-20-44-21-24-52-48(33-44)18-8-9-29-65(30-11-17-42-12-4-2-5-13-42)62(76-63(51)71)61(59-56(77-65)27-26-54-55(38-68)58(64(72)75-60(54)59)49(28-31-66)39-73-40-69)74-57(70)36-50-35-47(22-25-53(50)52)46-19-10-16-45(34-46)32-43-14-6-3-7-15-43/h2-7,10,12-16,19,21,24,26-27,33-34,47,49-50,53,61-62,66-69H,11,17-18,20,22-23,25,28-32,35-40H2,1H3/b51-41-/t47-,49+,50+,53-,61+,62-,65-/m0/s1. The maximum absolute atomic E-state index is 15.5. The Bertz CT molecular complexity index is 3240. The van der Waals surface area contributed by atoms with Gasteiger partial charge in [-0.25, -0.2) is 9.59 Å². The van der Waals surface area contributed by atoms with E-state index in [2.05, 4.69) is 90.7 Å². The van der Waals surface area contributed by atoms with Crippen LogP contribution in [0.2, 0.25) is 0 Å². The molecule has 4 N–H and O–H groups in total. The first-order valence-electron chi connectivity index (χ1n) is 27.3. The van der Waals surface area contributed by atoms with E-state index in [4.69, 9.17) is 23.4 Å². The van der Waals surface area contributed by atoms with Gasteiger partial charge in [-0.2, -0.15) is 0 Å². The molecule has 1 fully saturated rings. The van der Waals surface area contributed by atoms with Gasteiger partial charge in [-0.05, 0) is 151 Å². The van der Waals surface area contributed by atoms with Gasteiger partial charge in [-0.3, -0.25) is 4.79 Å². The maximum Gasteiger partial charge on any atom is 0.340 e. The molecule has 4 aliphatic rings. The quantitative estimate of drug-likeness (QED) is 0.0252. The van der Waals surface area contributed by atoms with E-state index in [0.29, 0.717) is 49.5 Å². The first-order valence-corrected chi connectivity index (χ1v) is 27.3. The van der Waals surface area contributed by atoms with Gasteiger partial charge in [0.1, 0.15) is 18.1 Å². The van der Waals surface area contributed by atoms with Crippen molar-refractivity contribution in [1.82, 2.24) is 0 Å². The van der Waals surface area contributed by atoms with Gasteiger partial charge in [0.25, 0.3) is 0 Å². The van der Waals surface area contributed by atoms with E-state index >= 15 is 9.59 Å². The average Bonchev–Trinajstić information content (AvgIpc) is 3.59. The van der Waals surface area contributed by atoms with Gasteiger partial charge in [0.15, 0.2) is 17.8 Å². The van der Waals surface area contributed by atoms with E-state index in [1.807, 2.05) is 24.3 Å². The molecule has 1 aromatic heterocycles. The fraction of sp³-hybridized carbons (Fsp3) is 0.400. The molecular weight excluding hydrogens is 973 g/mol. The summed E-state index contributed by atoms with van der Waals surface area (Å²) in [6.45, 7) is -0.391. The Kier molecular flexibility index (Phi) is 16.8. The third kappa shape index (κ3) is 11.6. The summed E-state index contributed by atoms with van der Waals surface area (Å²) in [4.78, 5) is 45.2. The highest BCUT2D eigenvalue weighted by Gasteiger charge is 2.55. The van der Waals surface area contributed by atoms with Crippen LogP contribution in [-0.4, -0.2) is 70.7 Å². The lowest BCUT2D eigenvalue weighted by Gasteiger charge is -2.47. The van der Waals surface area contributed by atoms with Gasteiger partial charge >= 0.3 is 17.6 Å². The molecule has 1 saturated carbocycles. The molecule has 77 heavy (non-hydrogen) atoms. The topological polar surface area (TPSA) is 182 Å². The normalized spacial score (nSPS) is 23.2. The number of aliphatic hydroxyl groups is 4. The Morgan fingerprint density at radius 2 is 1.62 bits per heavy atom. The molecule has 0 amide bonds. The molecule has 5 aromatic carbocycles. The van der Waals surface area contributed by atoms with Crippen LogP contribution in [-0.2, 0) is 56.1 Å². The van der Waals surface area contributed by atoms with Gasteiger partial charge in [-0.1, -0.05) is 115 Å². The highest BCUT2D eigenvalue weighted by Crippen LogP contribution is 2.52. The summed E-state index contributed by atoms with van der Waals surface area (Å²) >= 11 is 0. The monoisotopic (exact) mass is 1040 g/mol. The smallest absolute Gasteiger partial charge is 0.340 e. The molecule has 0 radical (unpaired) electrons. The number of aryl methyl sites for hydroxylation is 2. The molecule has 4 heterocycles. The van der Waals surface area contributed by atoms with Gasteiger partial charge in [0.2, 0.25) is 0 Å². The SMILES string of the molecule is C/C(CO)=C1\CCc2ccc3c(c2)CC#CC[C@@]2(CCCc4ccccc4)Oc4ccc5c(CO)c([C@H](CCO)COCO)c(=O)oc5c4[C@@H](OC(=O)C[C@H]4C[C@@H](c5cccc(Cc6ccccc6)c5)CC[C@H]34)[C@@H]2OC1=O. The Morgan fingerprint density at radius 3 is 2.39 bits per heavy atom. The Labute approximate surface area is 449 Å². The molecule has 400 valence electrons. The van der Waals surface area contributed by atoms with Gasteiger partial charge < -0.3 is 43.8 Å². The number of benzene rings is 5. The second-order valence-corrected chi connectivity index (χ2v) is 21.4. The zero-order chi connectivity index (χ0) is 53.5. The van der Waals surface area contributed by atoms with Crippen LogP contribution in [0.3, 0.4) is 0 Å². The Morgan fingerprint density at radius 1 is 0.831 bits per heavy atom. The number of carbonyl (C=O) groups excluding carboxylic acids is 2. The van der Waals surface area contributed by atoms with Crippen molar-refractivity contribution >= 4 is 22.9 Å². The van der Waals surface area contributed by atoms with Crippen LogP contribution in [0.1, 0.15) is 144 Å². The molecule has 0 saturated heterocycles. The van der Waals surface area contributed by atoms with E-state index in [9.17, 15) is 25.2 Å². The molecular formula is C65H68O12. The van der Waals surface area contributed by atoms with Crippen LogP contribution in [0.15, 0.2) is 136 Å². The molecule has 0 spiro atoms. The van der Waals surface area contributed by atoms with Crippen molar-refractivity contribution in [3.05, 3.63) is 192 Å². The second-order valence-electron chi connectivity index (χ2n) is 21.4. The number of hydrogen-bond acceptors (Lipinski definition) is 12. The van der Waals surface area contributed by atoms with Crippen LogP contribution in [0.5, 0.6) is 5.75 Å². The number of carbonyl (C=O) groups is 2. The Hall–Kier alpha value is -6.85. The molecule has 1 aliphatic carbocycles. The minimum Gasteiger partial charge on any atom is -0.482 e. The number of ether oxygens (including phenoxy) is 4. The molecule has 10 rings (SSSR count). The van der Waals surface area contributed by atoms with Crippen molar-refractivity contribution < 1.29 is 53.4 Å². The zero-order valence-electron chi connectivity index (χ0n) is 43.7. The summed E-state index contributed by atoms with van der Waals surface area (Å²) in [5, 5.41) is 41.7. The van der Waals surface area contributed by atoms with Gasteiger partial charge in [0.05, 0.1) is 31.8 Å². The Balaban J connectivity index is 1.15. The summed E-state index contributed by atoms with van der Waals surface area (Å²) in [5.74, 6) is 5.22. The first kappa shape index (κ1) is 53.5. The van der Waals surface area contributed by atoms with Gasteiger partial charge in [0, 0.05) is 41.9 Å². The van der Waals surface area contributed by atoms with Crippen LogP contribution < -0.4 is 10.4 Å². The molecule has 5 bridgehead atoms. The summed E-state index contributed by atoms with van der Waals surface area (Å²) in [5.41, 5.74) is 6.86. The first-order chi connectivity index (χ1) is 37.6. The number of aliphatic hydroxyl groups excluding tert-OH is 4. The lowest BCUT2D eigenvalue weighted by Crippen LogP contribution is -2.56. The fourth-order valence-corrected chi connectivity index (χ4v) is 12.7. The maximum atomic E-state index is 15.5. The molecule has 12 nitrogen and oxygen atoms in total. The predicted molar refractivity (Wildman–Crippen MR) is 291 cm³/mol. The highest BCUT2D eigenvalue weighted by molar-refractivity contribution is 5.90. The van der Waals surface area contributed by atoms with E-state index in [1.54, 1.807) is 19.1 Å². The number of fused-ring (bicyclic) bond motifs is 9. The molecule has 0 unspecified atom stereocenters. The van der Waals surface area contributed by atoms with Crippen molar-refractivity contribution in [2.75, 3.05) is 26.6 Å². The molecule has 3 aliphatic heterocycles. The number of esters is 2. The van der Waals surface area contributed by atoms with Crippen molar-refractivity contribution in [2.24, 2.45) is 5.92 Å². The molecule has 7 atom stereocenters. The lowest BCUT2D eigenvalue weighted by molar-refractivity contribution is -0.194. The lowest BCUT2D eigenvalue weighted by atomic mass is 9.67. The van der Waals surface area contributed by atoms with Crippen molar-refractivity contribution in [1.29, 1.82) is 0 Å². The largest absolute Gasteiger partial charge is 0.482 e. The van der Waals surface area contributed by atoms with Crippen LogP contribution in [0.4, 0.5) is 0 Å². The highest BCUT2D eigenvalue weighted by atomic mass is 16.6. The average molecular weight is 1040 g/mol. The molecule has 6 aromatic rings. The van der Waals surface area contributed by atoms with E-state index in [0.717, 1.165) is 41.5 Å². The van der Waals surface area contributed by atoms with E-state index in [1.165, 1.54) is 16.7 Å².